The second kappa shape index (κ2) is 9.20. The van der Waals surface area contributed by atoms with Crippen LogP contribution in [0.4, 0.5) is 0 Å². The van der Waals surface area contributed by atoms with Crippen LogP contribution in [0.25, 0.3) is 0 Å². The molecule has 0 saturated carbocycles. The first-order valence-corrected chi connectivity index (χ1v) is 6.65. The first-order chi connectivity index (χ1) is 6.35. The normalized spacial score (nSPS) is 13.7. The van der Waals surface area contributed by atoms with Crippen LogP contribution in [0.5, 0.6) is 0 Å². The van der Waals surface area contributed by atoms with Crippen LogP contribution < -0.4 is 0 Å². The molecule has 0 aromatic carbocycles. The fourth-order valence-corrected chi connectivity index (χ4v) is 0.891. The van der Waals surface area contributed by atoms with Gasteiger partial charge in [0, 0.05) is 0 Å². The molecule has 0 fully saturated rings. The van der Waals surface area contributed by atoms with Crippen molar-refractivity contribution in [3.63, 3.8) is 0 Å². The zero-order valence-corrected chi connectivity index (χ0v) is 8.77. The molecular weight excluding hydrogens is 257 g/mol. The van der Waals surface area contributed by atoms with Gasteiger partial charge in [0.1, 0.15) is 0 Å². The van der Waals surface area contributed by atoms with E-state index in [2.05, 4.69) is 24.3 Å². The maximum atomic E-state index is 9.57. The summed E-state index contributed by atoms with van der Waals surface area (Å²) >= 11 is -2.25. The molecule has 0 atom stereocenters. The Hall–Kier alpha value is -0.887. The monoisotopic (exact) mass is 269 g/mol. The number of carbonyl (C=O) groups is 3. The SMILES string of the molecule is C1=CCCC=C1.O=[CH][Ru]([CH]=O)[CH]=O. The summed E-state index contributed by atoms with van der Waals surface area (Å²) in [6, 6.07) is 0. The standard InChI is InChI=1S/C6H8.3CHO.Ru/c1-2-4-6-5-3-1;3*1-2;/h1-4H,5-6H2;3*1H;. The van der Waals surface area contributed by atoms with Gasteiger partial charge in [0.15, 0.2) is 0 Å². The molecule has 3 nitrogen and oxygen atoms in total. The molecule has 1 rings (SSSR count). The van der Waals surface area contributed by atoms with E-state index in [1.807, 2.05) is 0 Å². The van der Waals surface area contributed by atoms with Gasteiger partial charge in [-0.1, -0.05) is 24.3 Å². The average molecular weight is 268 g/mol. The van der Waals surface area contributed by atoms with Gasteiger partial charge in [-0.15, -0.1) is 0 Å². The molecule has 1 aliphatic carbocycles. The molecule has 0 aromatic heterocycles. The van der Waals surface area contributed by atoms with Gasteiger partial charge < -0.3 is 0 Å². The van der Waals surface area contributed by atoms with Gasteiger partial charge in [-0.25, -0.2) is 0 Å². The van der Waals surface area contributed by atoms with Crippen LogP contribution in [-0.4, -0.2) is 14.6 Å². The van der Waals surface area contributed by atoms with Crippen molar-refractivity contribution in [3.8, 4) is 0 Å². The first kappa shape index (κ1) is 12.1. The number of rotatable bonds is 3. The second-order valence-electron chi connectivity index (χ2n) is 2.04. The Morgan fingerprint density at radius 2 is 1.23 bits per heavy atom. The fraction of sp³-hybridized carbons (Fsp3) is 0.222. The van der Waals surface area contributed by atoms with E-state index in [-0.39, 0.29) is 0 Å². The Labute approximate surface area is 82.4 Å². The molecular formula is C9H11O3Ru. The van der Waals surface area contributed by atoms with Crippen molar-refractivity contribution >= 4 is 14.6 Å². The van der Waals surface area contributed by atoms with E-state index in [1.165, 1.54) is 12.8 Å². The van der Waals surface area contributed by atoms with Gasteiger partial charge in [-0.05, 0) is 12.8 Å². The number of allylic oxidation sites excluding steroid dienone is 4. The third-order valence-corrected chi connectivity index (χ3v) is 2.59. The van der Waals surface area contributed by atoms with Gasteiger partial charge in [-0.2, -0.15) is 0 Å². The van der Waals surface area contributed by atoms with E-state index in [4.69, 9.17) is 0 Å². The average Bonchev–Trinajstić information content (AvgIpc) is 2.24. The van der Waals surface area contributed by atoms with Crippen molar-refractivity contribution < 1.29 is 30.3 Å². The minimum absolute atomic E-state index is 0.435. The van der Waals surface area contributed by atoms with Crippen molar-refractivity contribution in [1.82, 2.24) is 0 Å². The third kappa shape index (κ3) is 7.47. The summed E-state index contributed by atoms with van der Waals surface area (Å²) in [4.78, 5) is 30.0. The predicted octanol–water partition coefficient (Wildman–Crippen LogP) is 1.07. The quantitative estimate of drug-likeness (QED) is 0.568. The van der Waals surface area contributed by atoms with E-state index in [0.29, 0.717) is 14.6 Å². The zero-order chi connectivity index (χ0) is 9.94. The molecule has 0 aliphatic heterocycles. The van der Waals surface area contributed by atoms with Gasteiger partial charge in [-0.3, -0.25) is 0 Å². The van der Waals surface area contributed by atoms with Crippen molar-refractivity contribution in [1.29, 1.82) is 0 Å². The summed E-state index contributed by atoms with van der Waals surface area (Å²) in [5.74, 6) is 0. The number of carbonyl (C=O) groups excluding carboxylic acids is 3. The Bertz CT molecular complexity index is 190. The molecule has 73 valence electrons. The van der Waals surface area contributed by atoms with Gasteiger partial charge in [0.05, 0.1) is 0 Å². The van der Waals surface area contributed by atoms with Crippen LogP contribution >= 0.6 is 0 Å². The molecule has 4 heteroatoms. The summed E-state index contributed by atoms with van der Waals surface area (Å²) in [6.45, 7) is 0. The second-order valence-corrected chi connectivity index (χ2v) is 5.00. The Morgan fingerprint density at radius 3 is 1.31 bits per heavy atom. The molecule has 1 aliphatic rings. The van der Waals surface area contributed by atoms with E-state index in [9.17, 15) is 14.4 Å². The molecule has 0 N–H and O–H groups in total. The Morgan fingerprint density at radius 1 is 0.846 bits per heavy atom. The molecule has 0 amide bonds. The Balaban J connectivity index is 0.000000223. The van der Waals surface area contributed by atoms with Gasteiger partial charge >= 0.3 is 45.0 Å². The van der Waals surface area contributed by atoms with Gasteiger partial charge in [0.2, 0.25) is 0 Å². The molecule has 0 heterocycles. The Kier molecular flexibility index (Phi) is 8.58. The van der Waals surface area contributed by atoms with Gasteiger partial charge in [0.25, 0.3) is 0 Å². The third-order valence-electron chi connectivity index (χ3n) is 1.17. The maximum absolute atomic E-state index is 9.57. The molecule has 0 radical (unpaired) electrons. The molecule has 0 bridgehead atoms. The van der Waals surface area contributed by atoms with E-state index in [0.717, 1.165) is 0 Å². The summed E-state index contributed by atoms with van der Waals surface area (Å²) in [5.41, 5.74) is 0. The summed E-state index contributed by atoms with van der Waals surface area (Å²) in [7, 11) is 0. The van der Waals surface area contributed by atoms with Crippen LogP contribution in [0.1, 0.15) is 12.8 Å². The van der Waals surface area contributed by atoms with E-state index in [1.54, 1.807) is 0 Å². The van der Waals surface area contributed by atoms with Crippen LogP contribution in [0.3, 0.4) is 0 Å². The summed E-state index contributed by atoms with van der Waals surface area (Å²) in [6.07, 6.45) is 11.0. The fourth-order valence-electron chi connectivity index (χ4n) is 0.601. The number of hydrogen-bond donors (Lipinski definition) is 0. The summed E-state index contributed by atoms with van der Waals surface area (Å²) < 4.78 is 0. The number of hydrogen-bond acceptors (Lipinski definition) is 3. The molecule has 13 heavy (non-hydrogen) atoms. The van der Waals surface area contributed by atoms with Crippen molar-refractivity contribution in [2.45, 2.75) is 12.8 Å². The molecule has 0 saturated heterocycles. The minimum atomic E-state index is -2.25. The molecule has 0 aromatic rings. The van der Waals surface area contributed by atoms with Crippen molar-refractivity contribution in [2.75, 3.05) is 0 Å². The predicted molar refractivity (Wildman–Crippen MR) is 47.8 cm³/mol. The first-order valence-electron chi connectivity index (χ1n) is 3.64. The molecule has 0 spiro atoms. The summed E-state index contributed by atoms with van der Waals surface area (Å²) in [5, 5.41) is 0. The van der Waals surface area contributed by atoms with E-state index < -0.39 is 16.0 Å². The van der Waals surface area contributed by atoms with Crippen LogP contribution in [0.2, 0.25) is 0 Å². The van der Waals surface area contributed by atoms with Crippen molar-refractivity contribution in [3.05, 3.63) is 24.3 Å². The van der Waals surface area contributed by atoms with E-state index >= 15 is 0 Å². The van der Waals surface area contributed by atoms with Crippen LogP contribution in [0, 0.1) is 0 Å². The van der Waals surface area contributed by atoms with Crippen LogP contribution in [-0.2, 0) is 30.3 Å². The van der Waals surface area contributed by atoms with Crippen LogP contribution in [0.15, 0.2) is 24.3 Å². The topological polar surface area (TPSA) is 51.2 Å². The zero-order valence-electron chi connectivity index (χ0n) is 7.03. The van der Waals surface area contributed by atoms with Crippen molar-refractivity contribution in [2.24, 2.45) is 0 Å². The molecule has 0 unspecified atom stereocenters.